The Balaban J connectivity index is 1.95. The van der Waals surface area contributed by atoms with Crippen LogP contribution in [0.2, 0.25) is 0 Å². The highest BCUT2D eigenvalue weighted by Gasteiger charge is 2.38. The lowest BCUT2D eigenvalue weighted by Gasteiger charge is -2.34. The average molecular weight is 269 g/mol. The first-order chi connectivity index (χ1) is 9.22. The van der Waals surface area contributed by atoms with Crippen LogP contribution in [0.5, 0.6) is 0 Å². The van der Waals surface area contributed by atoms with E-state index in [2.05, 4.69) is 11.8 Å². The van der Waals surface area contributed by atoms with Crippen LogP contribution in [-0.4, -0.2) is 48.3 Å². The average Bonchev–Trinajstić information content (AvgIpc) is 2.89. The van der Waals surface area contributed by atoms with Crippen molar-refractivity contribution in [1.29, 1.82) is 0 Å². The highest BCUT2D eigenvalue weighted by Crippen LogP contribution is 2.27. The molecule has 0 amide bonds. The van der Waals surface area contributed by atoms with E-state index in [1.165, 1.54) is 32.1 Å². The first-order valence-electron chi connectivity index (χ1n) is 7.77. The van der Waals surface area contributed by atoms with E-state index in [9.17, 15) is 9.90 Å². The first-order valence-corrected chi connectivity index (χ1v) is 7.77. The van der Waals surface area contributed by atoms with Crippen LogP contribution < -0.4 is 0 Å². The molecule has 4 nitrogen and oxygen atoms in total. The zero-order chi connectivity index (χ0) is 13.7. The third-order valence-electron chi connectivity index (χ3n) is 4.56. The predicted octanol–water partition coefficient (Wildman–Crippen LogP) is 2.38. The van der Waals surface area contributed by atoms with Crippen molar-refractivity contribution in [2.75, 3.05) is 26.3 Å². The lowest BCUT2D eigenvalue weighted by Crippen LogP contribution is -2.45. The molecule has 2 unspecified atom stereocenters. The van der Waals surface area contributed by atoms with E-state index in [4.69, 9.17) is 4.74 Å². The molecule has 4 heteroatoms. The molecule has 0 spiro atoms. The zero-order valence-electron chi connectivity index (χ0n) is 12.0. The summed E-state index contributed by atoms with van der Waals surface area (Å²) in [5.74, 6) is -0.280. The van der Waals surface area contributed by atoms with Gasteiger partial charge in [-0.15, -0.1) is 0 Å². The number of hydrogen-bond acceptors (Lipinski definition) is 3. The molecular formula is C15H27NO3. The van der Waals surface area contributed by atoms with Crippen molar-refractivity contribution < 1.29 is 14.6 Å². The van der Waals surface area contributed by atoms with E-state index in [1.54, 1.807) is 0 Å². The molecule has 19 heavy (non-hydrogen) atoms. The summed E-state index contributed by atoms with van der Waals surface area (Å²) >= 11 is 0. The van der Waals surface area contributed by atoms with E-state index < -0.39 is 5.97 Å². The highest BCUT2D eigenvalue weighted by molar-refractivity contribution is 5.71. The Morgan fingerprint density at radius 2 is 2.00 bits per heavy atom. The number of carboxylic acids is 1. The second-order valence-electron chi connectivity index (χ2n) is 6.05. The number of hydrogen-bond donors (Lipinski definition) is 1. The molecule has 1 heterocycles. The van der Waals surface area contributed by atoms with Crippen LogP contribution in [-0.2, 0) is 9.53 Å². The molecule has 2 fully saturated rings. The minimum absolute atomic E-state index is 0.0828. The number of rotatable bonds is 6. The molecule has 1 saturated carbocycles. The van der Waals surface area contributed by atoms with Gasteiger partial charge in [0.15, 0.2) is 0 Å². The largest absolute Gasteiger partial charge is 0.481 e. The van der Waals surface area contributed by atoms with Crippen molar-refractivity contribution in [3.05, 3.63) is 0 Å². The molecule has 0 radical (unpaired) electrons. The van der Waals surface area contributed by atoms with E-state index in [1.807, 2.05) is 0 Å². The second-order valence-corrected chi connectivity index (χ2v) is 6.05. The molecule has 0 bridgehead atoms. The van der Waals surface area contributed by atoms with E-state index in [0.717, 1.165) is 25.4 Å². The minimum Gasteiger partial charge on any atom is -0.481 e. The van der Waals surface area contributed by atoms with Crippen LogP contribution in [0.3, 0.4) is 0 Å². The lowest BCUT2D eigenvalue weighted by molar-refractivity contribution is -0.143. The molecule has 0 aromatic carbocycles. The van der Waals surface area contributed by atoms with E-state index in [0.29, 0.717) is 13.2 Å². The van der Waals surface area contributed by atoms with Gasteiger partial charge in [0.1, 0.15) is 0 Å². The molecule has 110 valence electrons. The van der Waals surface area contributed by atoms with Gasteiger partial charge in [-0.3, -0.25) is 9.69 Å². The molecule has 2 atom stereocenters. The normalized spacial score (nSPS) is 28.9. The fourth-order valence-corrected chi connectivity index (χ4v) is 3.52. The molecule has 1 saturated heterocycles. The highest BCUT2D eigenvalue weighted by atomic mass is 16.5. The number of aliphatic carboxylic acids is 1. The van der Waals surface area contributed by atoms with Gasteiger partial charge in [-0.2, -0.15) is 0 Å². The zero-order valence-corrected chi connectivity index (χ0v) is 12.0. The van der Waals surface area contributed by atoms with Crippen molar-refractivity contribution in [3.8, 4) is 0 Å². The van der Waals surface area contributed by atoms with Crippen molar-refractivity contribution in [1.82, 2.24) is 4.90 Å². The van der Waals surface area contributed by atoms with Gasteiger partial charge in [-0.05, 0) is 31.7 Å². The lowest BCUT2D eigenvalue weighted by atomic mass is 9.88. The number of carbonyl (C=O) groups is 1. The Bertz CT molecular complexity index is 289. The third kappa shape index (κ3) is 3.93. The maximum Gasteiger partial charge on any atom is 0.310 e. The Morgan fingerprint density at radius 1 is 1.26 bits per heavy atom. The summed E-state index contributed by atoms with van der Waals surface area (Å²) < 4.78 is 5.42. The monoisotopic (exact) mass is 269 g/mol. The Kier molecular flexibility index (Phi) is 5.64. The van der Waals surface area contributed by atoms with Crippen LogP contribution in [0, 0.1) is 11.8 Å². The SMILES string of the molecule is CCCN(CC1CCCCC1)C1COCC1C(=O)O. The standard InChI is InChI=1S/C15H27NO3/c1-2-8-16(9-12-6-4-3-5-7-12)14-11-19-10-13(14)15(17)18/h12-14H,2-11H2,1H3,(H,17,18). The number of ether oxygens (including phenoxy) is 1. The van der Waals surface area contributed by atoms with Crippen LogP contribution in [0.25, 0.3) is 0 Å². The molecule has 2 aliphatic rings. The molecular weight excluding hydrogens is 242 g/mol. The minimum atomic E-state index is -0.702. The van der Waals surface area contributed by atoms with Gasteiger partial charge < -0.3 is 9.84 Å². The Hall–Kier alpha value is -0.610. The second kappa shape index (κ2) is 7.25. The van der Waals surface area contributed by atoms with E-state index in [-0.39, 0.29) is 12.0 Å². The predicted molar refractivity (Wildman–Crippen MR) is 74.2 cm³/mol. The summed E-state index contributed by atoms with van der Waals surface area (Å²) in [5, 5.41) is 9.30. The first kappa shape index (κ1) is 14.8. The van der Waals surface area contributed by atoms with E-state index >= 15 is 0 Å². The Morgan fingerprint density at radius 3 is 2.63 bits per heavy atom. The molecule has 0 aromatic heterocycles. The third-order valence-corrected chi connectivity index (χ3v) is 4.56. The van der Waals surface area contributed by atoms with Crippen molar-refractivity contribution in [2.24, 2.45) is 11.8 Å². The quantitative estimate of drug-likeness (QED) is 0.804. The smallest absolute Gasteiger partial charge is 0.310 e. The van der Waals surface area contributed by atoms with Gasteiger partial charge in [0.05, 0.1) is 19.1 Å². The van der Waals surface area contributed by atoms with Crippen molar-refractivity contribution in [2.45, 2.75) is 51.5 Å². The molecule has 1 aliphatic carbocycles. The summed E-state index contributed by atoms with van der Waals surface area (Å²) in [6.07, 6.45) is 7.75. The summed E-state index contributed by atoms with van der Waals surface area (Å²) in [7, 11) is 0. The van der Waals surface area contributed by atoms with Crippen LogP contribution in [0.15, 0.2) is 0 Å². The van der Waals surface area contributed by atoms with Gasteiger partial charge in [-0.25, -0.2) is 0 Å². The van der Waals surface area contributed by atoms with Gasteiger partial charge in [-0.1, -0.05) is 26.2 Å². The van der Waals surface area contributed by atoms with Gasteiger partial charge in [0, 0.05) is 12.6 Å². The van der Waals surface area contributed by atoms with Gasteiger partial charge in [0.2, 0.25) is 0 Å². The fraction of sp³-hybridized carbons (Fsp3) is 0.933. The summed E-state index contributed by atoms with van der Waals surface area (Å²) in [4.78, 5) is 13.7. The Labute approximate surface area is 116 Å². The molecule has 0 aromatic rings. The van der Waals surface area contributed by atoms with Crippen molar-refractivity contribution in [3.63, 3.8) is 0 Å². The van der Waals surface area contributed by atoms with Gasteiger partial charge in [0.25, 0.3) is 0 Å². The maximum atomic E-state index is 11.3. The summed E-state index contributed by atoms with van der Waals surface area (Å²) in [6.45, 7) is 5.19. The topological polar surface area (TPSA) is 49.8 Å². The number of nitrogens with zero attached hydrogens (tertiary/aromatic N) is 1. The van der Waals surface area contributed by atoms with Crippen LogP contribution >= 0.6 is 0 Å². The van der Waals surface area contributed by atoms with Gasteiger partial charge >= 0.3 is 5.97 Å². The maximum absolute atomic E-state index is 11.3. The van der Waals surface area contributed by atoms with Crippen LogP contribution in [0.1, 0.15) is 45.4 Å². The summed E-state index contributed by atoms with van der Waals surface area (Å²) in [6, 6.07) is 0.0828. The fourth-order valence-electron chi connectivity index (χ4n) is 3.52. The molecule has 1 N–H and O–H groups in total. The number of carboxylic acid groups (broad SMARTS) is 1. The van der Waals surface area contributed by atoms with Crippen LogP contribution in [0.4, 0.5) is 0 Å². The molecule has 1 aliphatic heterocycles. The summed E-state index contributed by atoms with van der Waals surface area (Å²) in [5.41, 5.74) is 0. The van der Waals surface area contributed by atoms with Crippen molar-refractivity contribution >= 4 is 5.97 Å². The molecule has 2 rings (SSSR count).